The molecule has 190 valence electrons. The lowest BCUT2D eigenvalue weighted by molar-refractivity contribution is 0.0395. The van der Waals surface area contributed by atoms with Crippen LogP contribution in [-0.4, -0.2) is 68.9 Å². The van der Waals surface area contributed by atoms with Crippen LogP contribution in [0.3, 0.4) is 0 Å². The van der Waals surface area contributed by atoms with Gasteiger partial charge in [0.1, 0.15) is 16.9 Å². The zero-order valence-electron chi connectivity index (χ0n) is 21.6. The molecule has 0 bridgehead atoms. The summed E-state index contributed by atoms with van der Waals surface area (Å²) in [5, 5.41) is 1.03. The second kappa shape index (κ2) is 9.22. The fourth-order valence-corrected chi connectivity index (χ4v) is 5.26. The first-order valence-corrected chi connectivity index (χ1v) is 12.3. The zero-order chi connectivity index (χ0) is 25.6. The fraction of sp³-hybridized carbons (Fsp3) is 0.444. The van der Waals surface area contributed by atoms with Crippen molar-refractivity contribution >= 4 is 28.0 Å². The van der Waals surface area contributed by atoms with Crippen LogP contribution >= 0.6 is 0 Å². The number of ether oxygens (including phenoxy) is 2. The normalized spacial score (nSPS) is 17.7. The number of likely N-dealkylation sites (tertiary alicyclic amines) is 1. The summed E-state index contributed by atoms with van der Waals surface area (Å²) >= 11 is 0. The van der Waals surface area contributed by atoms with Crippen LogP contribution in [0.25, 0.3) is 33.6 Å². The molecule has 0 aliphatic carbocycles. The summed E-state index contributed by atoms with van der Waals surface area (Å²) in [7, 11) is 5.27. The first kappa shape index (κ1) is 24.3. The summed E-state index contributed by atoms with van der Waals surface area (Å²) < 4.78 is 15.3. The molecule has 1 aromatic carbocycles. The van der Waals surface area contributed by atoms with Crippen molar-refractivity contribution in [3.8, 4) is 17.3 Å². The maximum atomic E-state index is 13.7. The summed E-state index contributed by atoms with van der Waals surface area (Å²) in [6, 6.07) is 9.72. The molecule has 36 heavy (non-hydrogen) atoms. The Kier molecular flexibility index (Phi) is 6.22. The Labute approximate surface area is 210 Å². The SMILES string of the molecule is COCCn1c(-c2nc3cc(C(=O)N4CC(N)CCC4(C)C)cc(OC)c3n2C)cc2cccnc21. The molecule has 3 aromatic heterocycles. The number of fused-ring (bicyclic) bond motifs is 2. The third kappa shape index (κ3) is 4.02. The standard InChI is InChI=1S/C27H34N6O3/c1-27(2)9-8-19(28)16-33(27)26(34)18-13-20-23(22(15-18)36-5)31(3)25(30-20)21-14-17-7-6-10-29-24(17)32(21)11-12-35-4/h6-7,10,13-15,19H,8-9,11-12,16,28H2,1-5H3. The van der Waals surface area contributed by atoms with Crippen molar-refractivity contribution in [1.82, 2.24) is 24.0 Å². The number of nitrogens with two attached hydrogens (primary N) is 1. The summed E-state index contributed by atoms with van der Waals surface area (Å²) in [6.07, 6.45) is 3.57. The molecule has 5 rings (SSSR count). The minimum absolute atomic E-state index is 0.0170. The average molecular weight is 491 g/mol. The van der Waals surface area contributed by atoms with E-state index in [1.54, 1.807) is 20.4 Å². The van der Waals surface area contributed by atoms with Gasteiger partial charge in [-0.3, -0.25) is 4.79 Å². The molecule has 4 heterocycles. The molecule has 0 spiro atoms. The number of rotatable bonds is 6. The molecule has 4 aromatic rings. The molecule has 2 N–H and O–H groups in total. The molecule has 1 unspecified atom stereocenters. The van der Waals surface area contributed by atoms with Gasteiger partial charge in [-0.1, -0.05) is 0 Å². The highest BCUT2D eigenvalue weighted by molar-refractivity contribution is 6.00. The van der Waals surface area contributed by atoms with Crippen LogP contribution in [0, 0.1) is 0 Å². The van der Waals surface area contributed by atoms with E-state index >= 15 is 0 Å². The number of benzene rings is 1. The van der Waals surface area contributed by atoms with Crippen molar-refractivity contribution in [1.29, 1.82) is 0 Å². The molecule has 0 radical (unpaired) electrons. The van der Waals surface area contributed by atoms with Gasteiger partial charge in [0.2, 0.25) is 0 Å². The number of methoxy groups -OCH3 is 2. The number of hydrogen-bond acceptors (Lipinski definition) is 6. The lowest BCUT2D eigenvalue weighted by Crippen LogP contribution is -2.56. The number of piperidine rings is 1. The topological polar surface area (TPSA) is 100 Å². The number of amides is 1. The van der Waals surface area contributed by atoms with Crippen LogP contribution in [0.1, 0.15) is 37.0 Å². The van der Waals surface area contributed by atoms with Gasteiger partial charge < -0.3 is 29.2 Å². The third-order valence-electron chi connectivity index (χ3n) is 7.32. The Morgan fingerprint density at radius 1 is 1.25 bits per heavy atom. The number of nitrogens with zero attached hydrogens (tertiary/aromatic N) is 5. The highest BCUT2D eigenvalue weighted by Gasteiger charge is 2.37. The van der Waals surface area contributed by atoms with Gasteiger partial charge in [0.25, 0.3) is 5.91 Å². The fourth-order valence-electron chi connectivity index (χ4n) is 5.26. The number of aromatic nitrogens is 4. The van der Waals surface area contributed by atoms with Crippen LogP contribution < -0.4 is 10.5 Å². The third-order valence-corrected chi connectivity index (χ3v) is 7.32. The van der Waals surface area contributed by atoms with Crippen molar-refractivity contribution in [2.75, 3.05) is 27.4 Å². The predicted octanol–water partition coefficient (Wildman–Crippen LogP) is 3.59. The summed E-state index contributed by atoms with van der Waals surface area (Å²) in [5.74, 6) is 1.32. The lowest BCUT2D eigenvalue weighted by Gasteiger charge is -2.44. The number of imidazole rings is 1. The lowest BCUT2D eigenvalue weighted by atomic mass is 9.87. The Balaban J connectivity index is 1.64. The van der Waals surface area contributed by atoms with Crippen LogP contribution in [0.15, 0.2) is 36.5 Å². The van der Waals surface area contributed by atoms with Crippen molar-refractivity contribution in [2.24, 2.45) is 12.8 Å². The van der Waals surface area contributed by atoms with Gasteiger partial charge >= 0.3 is 0 Å². The van der Waals surface area contributed by atoms with Crippen LogP contribution in [0.4, 0.5) is 0 Å². The van der Waals surface area contributed by atoms with Crippen molar-refractivity contribution in [3.05, 3.63) is 42.1 Å². The summed E-state index contributed by atoms with van der Waals surface area (Å²) in [5.41, 5.74) is 9.85. The Bertz CT molecular complexity index is 1440. The first-order valence-electron chi connectivity index (χ1n) is 12.3. The molecule has 1 fully saturated rings. The van der Waals surface area contributed by atoms with Gasteiger partial charge in [-0.05, 0) is 57.0 Å². The molecule has 1 amide bonds. The van der Waals surface area contributed by atoms with Gasteiger partial charge in [-0.25, -0.2) is 9.97 Å². The second-order valence-electron chi connectivity index (χ2n) is 10.2. The largest absolute Gasteiger partial charge is 0.494 e. The Hall–Kier alpha value is -3.43. The number of carbonyl (C=O) groups excluding carboxylic acids is 1. The molecule has 1 aliphatic rings. The minimum Gasteiger partial charge on any atom is -0.494 e. The molecular formula is C27H34N6O3. The van der Waals surface area contributed by atoms with Gasteiger partial charge in [-0.2, -0.15) is 0 Å². The highest BCUT2D eigenvalue weighted by atomic mass is 16.5. The second-order valence-corrected chi connectivity index (χ2v) is 10.2. The zero-order valence-corrected chi connectivity index (χ0v) is 21.6. The van der Waals surface area contributed by atoms with Crippen LogP contribution in [-0.2, 0) is 18.3 Å². The van der Waals surface area contributed by atoms with E-state index in [2.05, 4.69) is 29.5 Å². The van der Waals surface area contributed by atoms with E-state index in [4.69, 9.17) is 20.2 Å². The van der Waals surface area contributed by atoms with Crippen molar-refractivity contribution < 1.29 is 14.3 Å². The Morgan fingerprint density at radius 3 is 2.81 bits per heavy atom. The van der Waals surface area contributed by atoms with E-state index in [1.165, 1.54) is 0 Å². The maximum Gasteiger partial charge on any atom is 0.254 e. The van der Waals surface area contributed by atoms with Crippen molar-refractivity contribution in [3.63, 3.8) is 0 Å². The van der Waals surface area contributed by atoms with Crippen LogP contribution in [0.2, 0.25) is 0 Å². The number of hydrogen-bond donors (Lipinski definition) is 1. The van der Waals surface area contributed by atoms with E-state index in [9.17, 15) is 4.79 Å². The van der Waals surface area contributed by atoms with Crippen LogP contribution in [0.5, 0.6) is 5.75 Å². The van der Waals surface area contributed by atoms with Gasteiger partial charge in [0.15, 0.2) is 5.82 Å². The minimum atomic E-state index is -0.264. The molecule has 9 nitrogen and oxygen atoms in total. The number of carbonyl (C=O) groups is 1. The highest BCUT2D eigenvalue weighted by Crippen LogP contribution is 2.35. The quantitative estimate of drug-likeness (QED) is 0.443. The average Bonchev–Trinajstić information content (AvgIpc) is 3.40. The van der Waals surface area contributed by atoms with E-state index < -0.39 is 0 Å². The smallest absolute Gasteiger partial charge is 0.254 e. The number of aryl methyl sites for hydroxylation is 1. The van der Waals surface area contributed by atoms with E-state index in [-0.39, 0.29) is 17.5 Å². The molecule has 0 saturated carbocycles. The maximum absolute atomic E-state index is 13.7. The van der Waals surface area contributed by atoms with E-state index in [0.717, 1.165) is 40.9 Å². The molecule has 1 saturated heterocycles. The number of pyridine rings is 1. The van der Waals surface area contributed by atoms with Crippen molar-refractivity contribution in [2.45, 2.75) is 44.8 Å². The summed E-state index contributed by atoms with van der Waals surface area (Å²) in [4.78, 5) is 25.2. The Morgan fingerprint density at radius 2 is 2.06 bits per heavy atom. The van der Waals surface area contributed by atoms with E-state index in [0.29, 0.717) is 36.5 Å². The van der Waals surface area contributed by atoms with E-state index in [1.807, 2.05) is 40.8 Å². The molecular weight excluding hydrogens is 456 g/mol. The molecule has 9 heteroatoms. The molecule has 1 aliphatic heterocycles. The monoisotopic (exact) mass is 490 g/mol. The summed E-state index contributed by atoms with van der Waals surface area (Å²) in [6.45, 7) is 5.91. The first-order chi connectivity index (χ1) is 17.2. The van der Waals surface area contributed by atoms with Gasteiger partial charge in [0, 0.05) is 56.0 Å². The van der Waals surface area contributed by atoms with Gasteiger partial charge in [0.05, 0.1) is 24.9 Å². The van der Waals surface area contributed by atoms with Gasteiger partial charge in [-0.15, -0.1) is 0 Å². The predicted molar refractivity (Wildman–Crippen MR) is 140 cm³/mol. The molecule has 1 atom stereocenters.